The second kappa shape index (κ2) is 10.1. The number of aryl methyl sites for hydroxylation is 3. The Morgan fingerprint density at radius 1 is 0.750 bits per heavy atom. The van der Waals surface area contributed by atoms with Gasteiger partial charge in [0.05, 0.1) is 27.4 Å². The third-order valence-electron chi connectivity index (χ3n) is 7.49. The number of anilines is 2. The van der Waals surface area contributed by atoms with Crippen LogP contribution in [-0.4, -0.2) is 36.3 Å². The highest BCUT2D eigenvalue weighted by Gasteiger charge is 2.32. The molecule has 0 fully saturated rings. The summed E-state index contributed by atoms with van der Waals surface area (Å²) in [6, 6.07) is 17.9. The molecule has 0 saturated carbocycles. The van der Waals surface area contributed by atoms with E-state index in [0.29, 0.717) is 27.6 Å². The lowest BCUT2D eigenvalue weighted by molar-refractivity contribution is 0.104. The molecule has 44 heavy (non-hydrogen) atoms. The zero-order valence-electron chi connectivity index (χ0n) is 23.4. The SMILES string of the molecule is Cc1ccc(Nc2cc(Oc3ccc(S(=O)(=O)O)c(C)c3)c3c4c(cc(=O)n3C)-c3ccccc3C(=O)c24)c(S(=O)(=O)O)c1. The molecule has 0 radical (unpaired) electrons. The third-order valence-corrected chi connectivity index (χ3v) is 9.40. The Kier molecular flexibility index (Phi) is 6.74. The van der Waals surface area contributed by atoms with Crippen LogP contribution >= 0.6 is 0 Å². The van der Waals surface area contributed by atoms with Crippen molar-refractivity contribution in [3.63, 3.8) is 0 Å². The molecule has 1 aliphatic rings. The second-order valence-electron chi connectivity index (χ2n) is 10.5. The maximum Gasteiger partial charge on any atom is 0.296 e. The molecule has 1 heterocycles. The van der Waals surface area contributed by atoms with E-state index in [9.17, 15) is 35.5 Å². The number of benzene rings is 4. The van der Waals surface area contributed by atoms with Gasteiger partial charge in [-0.05, 0) is 66.4 Å². The number of carbonyl (C=O) groups is 1. The van der Waals surface area contributed by atoms with Gasteiger partial charge in [-0.2, -0.15) is 16.8 Å². The van der Waals surface area contributed by atoms with Gasteiger partial charge in [-0.3, -0.25) is 18.7 Å². The molecule has 5 aromatic rings. The first-order valence-corrected chi connectivity index (χ1v) is 16.0. The molecule has 1 aliphatic carbocycles. The largest absolute Gasteiger partial charge is 0.455 e. The van der Waals surface area contributed by atoms with E-state index in [1.54, 1.807) is 37.3 Å². The minimum Gasteiger partial charge on any atom is -0.455 e. The molecule has 0 atom stereocenters. The highest BCUT2D eigenvalue weighted by Crippen LogP contribution is 2.46. The van der Waals surface area contributed by atoms with Gasteiger partial charge in [-0.15, -0.1) is 0 Å². The predicted molar refractivity (Wildman–Crippen MR) is 163 cm³/mol. The topological polar surface area (TPSA) is 169 Å². The Labute approximate surface area is 251 Å². The van der Waals surface area contributed by atoms with Gasteiger partial charge in [0.1, 0.15) is 10.6 Å². The first-order chi connectivity index (χ1) is 20.6. The van der Waals surface area contributed by atoms with Crippen LogP contribution in [-0.2, 0) is 27.3 Å². The van der Waals surface area contributed by atoms with Gasteiger partial charge in [-0.1, -0.05) is 30.3 Å². The summed E-state index contributed by atoms with van der Waals surface area (Å²) in [5, 5.41) is 3.36. The molecule has 1 aromatic heterocycles. The number of nitrogens with one attached hydrogen (secondary N) is 1. The fourth-order valence-electron chi connectivity index (χ4n) is 5.51. The minimum absolute atomic E-state index is 0.00831. The number of nitrogens with zero attached hydrogens (tertiary/aromatic N) is 1. The van der Waals surface area contributed by atoms with E-state index in [2.05, 4.69) is 5.32 Å². The number of ketones is 1. The van der Waals surface area contributed by atoms with Crippen LogP contribution in [0.4, 0.5) is 11.4 Å². The van der Waals surface area contributed by atoms with Gasteiger partial charge in [-0.25, -0.2) is 0 Å². The van der Waals surface area contributed by atoms with Crippen molar-refractivity contribution in [2.45, 2.75) is 23.6 Å². The number of rotatable bonds is 6. The van der Waals surface area contributed by atoms with E-state index < -0.39 is 30.7 Å². The van der Waals surface area contributed by atoms with Crippen molar-refractivity contribution < 1.29 is 35.5 Å². The molecule has 6 rings (SSSR count). The Morgan fingerprint density at radius 3 is 2.09 bits per heavy atom. The quantitative estimate of drug-likeness (QED) is 0.202. The molecule has 11 nitrogen and oxygen atoms in total. The average Bonchev–Trinajstić information content (AvgIpc) is 2.94. The molecule has 0 amide bonds. The lowest BCUT2D eigenvalue weighted by Crippen LogP contribution is -2.21. The Bertz CT molecular complexity index is 2360. The maximum atomic E-state index is 14.1. The minimum atomic E-state index is -4.68. The molecule has 3 N–H and O–H groups in total. The van der Waals surface area contributed by atoms with Crippen molar-refractivity contribution in [3.8, 4) is 22.6 Å². The highest BCUT2D eigenvalue weighted by atomic mass is 32.2. The Morgan fingerprint density at radius 2 is 1.43 bits per heavy atom. The van der Waals surface area contributed by atoms with E-state index in [1.165, 1.54) is 61.0 Å². The summed E-state index contributed by atoms with van der Waals surface area (Å²) >= 11 is 0. The summed E-state index contributed by atoms with van der Waals surface area (Å²) in [7, 11) is -7.66. The molecule has 0 spiro atoms. The normalized spacial score (nSPS) is 12.7. The van der Waals surface area contributed by atoms with Crippen molar-refractivity contribution in [2.24, 2.45) is 7.05 Å². The van der Waals surface area contributed by atoms with Crippen LogP contribution in [0.2, 0.25) is 0 Å². The summed E-state index contributed by atoms with van der Waals surface area (Å²) in [6.45, 7) is 3.13. The van der Waals surface area contributed by atoms with E-state index in [1.807, 2.05) is 0 Å². The fraction of sp³-hybridized carbons (Fsp3) is 0.0968. The molecular formula is C31H24N2O9S2. The Balaban J connectivity index is 1.67. The number of pyridine rings is 1. The second-order valence-corrected chi connectivity index (χ2v) is 13.2. The predicted octanol–water partition coefficient (Wildman–Crippen LogP) is 5.40. The molecule has 0 unspecified atom stereocenters. The van der Waals surface area contributed by atoms with Crippen molar-refractivity contribution in [3.05, 3.63) is 105 Å². The number of ether oxygens (including phenoxy) is 1. The molecule has 0 saturated heterocycles. The first-order valence-electron chi connectivity index (χ1n) is 13.1. The highest BCUT2D eigenvalue weighted by molar-refractivity contribution is 7.86. The van der Waals surface area contributed by atoms with Crippen LogP contribution in [0.15, 0.2) is 87.4 Å². The average molecular weight is 633 g/mol. The molecular weight excluding hydrogens is 608 g/mol. The van der Waals surface area contributed by atoms with Crippen LogP contribution in [0.1, 0.15) is 27.0 Å². The lowest BCUT2D eigenvalue weighted by Gasteiger charge is -2.25. The van der Waals surface area contributed by atoms with Gasteiger partial charge in [0, 0.05) is 30.1 Å². The van der Waals surface area contributed by atoms with E-state index in [-0.39, 0.29) is 50.2 Å². The maximum absolute atomic E-state index is 14.1. The van der Waals surface area contributed by atoms with E-state index in [4.69, 9.17) is 4.74 Å². The molecule has 0 aliphatic heterocycles. The van der Waals surface area contributed by atoms with Crippen LogP contribution < -0.4 is 15.6 Å². The first kappa shape index (κ1) is 29.3. The smallest absolute Gasteiger partial charge is 0.296 e. The van der Waals surface area contributed by atoms with Crippen LogP contribution in [0, 0.1) is 13.8 Å². The molecule has 4 aromatic carbocycles. The van der Waals surface area contributed by atoms with Gasteiger partial charge < -0.3 is 14.6 Å². The van der Waals surface area contributed by atoms with Gasteiger partial charge in [0.2, 0.25) is 0 Å². The van der Waals surface area contributed by atoms with Crippen molar-refractivity contribution in [1.82, 2.24) is 4.57 Å². The summed E-state index contributed by atoms with van der Waals surface area (Å²) < 4.78 is 75.1. The summed E-state index contributed by atoms with van der Waals surface area (Å²) in [5.74, 6) is -0.149. The van der Waals surface area contributed by atoms with Gasteiger partial charge in [0.25, 0.3) is 25.8 Å². The standard InChI is InChI=1S/C31H24N2O9S2/c1-16-8-10-22(26(12-16)44(39,40)41)32-23-15-24(42-18-9-11-25(17(2)13-18)43(36,37)38)30-28-21(14-27(34)33(30)3)19-6-4-5-7-20(19)31(35)29(23)28/h4-15,32H,1-3H3,(H,36,37,38)(H,39,40,41). The number of fused-ring (bicyclic) bond motifs is 2. The van der Waals surface area contributed by atoms with Crippen molar-refractivity contribution >= 4 is 48.3 Å². The van der Waals surface area contributed by atoms with Gasteiger partial charge in [0.15, 0.2) is 11.5 Å². The molecule has 0 bridgehead atoms. The number of carbonyl (C=O) groups excluding carboxylic acids is 1. The van der Waals surface area contributed by atoms with E-state index >= 15 is 0 Å². The zero-order chi connectivity index (χ0) is 31.7. The fourth-order valence-corrected chi connectivity index (χ4v) is 6.95. The summed E-state index contributed by atoms with van der Waals surface area (Å²) in [4.78, 5) is 26.6. The summed E-state index contributed by atoms with van der Waals surface area (Å²) in [6.07, 6.45) is 0. The summed E-state index contributed by atoms with van der Waals surface area (Å²) in [5.41, 5.74) is 2.22. The number of hydrogen-bond acceptors (Lipinski definition) is 8. The van der Waals surface area contributed by atoms with Crippen molar-refractivity contribution in [1.29, 1.82) is 0 Å². The third kappa shape index (κ3) is 4.85. The van der Waals surface area contributed by atoms with Crippen LogP contribution in [0.25, 0.3) is 22.0 Å². The monoisotopic (exact) mass is 632 g/mol. The molecule has 13 heteroatoms. The number of hydrogen-bond donors (Lipinski definition) is 3. The van der Waals surface area contributed by atoms with Crippen LogP contribution in [0.3, 0.4) is 0 Å². The molecule has 224 valence electrons. The van der Waals surface area contributed by atoms with Gasteiger partial charge >= 0.3 is 0 Å². The zero-order valence-corrected chi connectivity index (χ0v) is 25.1. The number of aromatic nitrogens is 1. The lowest BCUT2D eigenvalue weighted by atomic mass is 9.83. The van der Waals surface area contributed by atoms with Crippen molar-refractivity contribution in [2.75, 3.05) is 5.32 Å². The van der Waals surface area contributed by atoms with Crippen LogP contribution in [0.5, 0.6) is 11.5 Å². The van der Waals surface area contributed by atoms with E-state index in [0.717, 1.165) is 0 Å². The Hall–Kier alpha value is -4.82.